The Morgan fingerprint density at radius 1 is 0.870 bits per heavy atom. The Morgan fingerprint density at radius 3 is 2.26 bits per heavy atom. The lowest BCUT2D eigenvalue weighted by atomic mass is 9.54. The van der Waals surface area contributed by atoms with Crippen LogP contribution in [0.25, 0.3) is 0 Å². The van der Waals surface area contributed by atoms with Crippen molar-refractivity contribution in [3.63, 3.8) is 0 Å². The minimum absolute atomic E-state index is 0.00810. The van der Waals surface area contributed by atoms with Gasteiger partial charge in [-0.2, -0.15) is 0 Å². The largest absolute Gasteiger partial charge is 0.291 e. The van der Waals surface area contributed by atoms with Crippen molar-refractivity contribution in [1.29, 1.82) is 0 Å². The zero-order valence-corrected chi connectivity index (χ0v) is 14.4. The standard InChI is InChI=1S/C20H23ClO2/c1-10-3-8-14-17-16(10)11(2)9-15(18(17)20(23)19(14)22)12-4-6-13(21)7-5-12/h4-7,10-11,14-18H,3,8-9H2,1-2H3. The lowest BCUT2D eigenvalue weighted by Gasteiger charge is -2.49. The Morgan fingerprint density at radius 2 is 1.57 bits per heavy atom. The summed E-state index contributed by atoms with van der Waals surface area (Å²) >= 11 is 6.02. The number of ketones is 2. The van der Waals surface area contributed by atoms with Gasteiger partial charge in [0, 0.05) is 16.9 Å². The second-order valence-electron chi connectivity index (χ2n) is 7.94. The van der Waals surface area contributed by atoms with Gasteiger partial charge in [0.25, 0.3) is 0 Å². The Kier molecular flexibility index (Phi) is 3.64. The monoisotopic (exact) mass is 330 g/mol. The third-order valence-corrected chi connectivity index (χ3v) is 7.06. The summed E-state index contributed by atoms with van der Waals surface area (Å²) < 4.78 is 0. The Hall–Kier alpha value is -1.15. The van der Waals surface area contributed by atoms with Crippen LogP contribution in [0.3, 0.4) is 0 Å². The van der Waals surface area contributed by atoms with Crippen LogP contribution in [0.1, 0.15) is 44.6 Å². The molecule has 0 saturated heterocycles. The molecule has 122 valence electrons. The van der Waals surface area contributed by atoms with Gasteiger partial charge in [0.2, 0.25) is 11.6 Å². The molecule has 0 N–H and O–H groups in total. The van der Waals surface area contributed by atoms with Gasteiger partial charge in [-0.3, -0.25) is 9.59 Å². The molecule has 3 aliphatic carbocycles. The summed E-state index contributed by atoms with van der Waals surface area (Å²) in [6, 6.07) is 7.88. The highest BCUT2D eigenvalue weighted by Crippen LogP contribution is 2.59. The minimum atomic E-state index is -0.0994. The zero-order valence-electron chi connectivity index (χ0n) is 13.7. The summed E-state index contributed by atoms with van der Waals surface area (Å²) in [6.45, 7) is 4.63. The fourth-order valence-electron chi connectivity index (χ4n) is 5.94. The quantitative estimate of drug-likeness (QED) is 0.710. The van der Waals surface area contributed by atoms with Gasteiger partial charge in [-0.05, 0) is 66.5 Å². The number of rotatable bonds is 1. The molecule has 23 heavy (non-hydrogen) atoms. The molecule has 7 atom stereocenters. The molecule has 3 fully saturated rings. The first-order chi connectivity index (χ1) is 11.0. The molecular formula is C20H23ClO2. The summed E-state index contributed by atoms with van der Waals surface area (Å²) in [4.78, 5) is 25.3. The molecule has 0 bridgehead atoms. The van der Waals surface area contributed by atoms with Crippen molar-refractivity contribution in [2.75, 3.05) is 0 Å². The first kappa shape index (κ1) is 15.4. The average molecular weight is 331 g/mol. The van der Waals surface area contributed by atoms with Crippen LogP contribution in [0.5, 0.6) is 0 Å². The van der Waals surface area contributed by atoms with Gasteiger partial charge < -0.3 is 0 Å². The zero-order chi connectivity index (χ0) is 16.3. The first-order valence-corrected chi connectivity index (χ1v) is 9.20. The van der Waals surface area contributed by atoms with Gasteiger partial charge >= 0.3 is 0 Å². The van der Waals surface area contributed by atoms with Crippen LogP contribution in [0, 0.1) is 35.5 Å². The van der Waals surface area contributed by atoms with E-state index in [9.17, 15) is 9.59 Å². The second-order valence-corrected chi connectivity index (χ2v) is 8.38. The number of carbonyl (C=O) groups is 2. The van der Waals surface area contributed by atoms with E-state index in [1.807, 2.05) is 24.3 Å². The molecule has 3 aliphatic rings. The SMILES string of the molecule is CC1CCC2C(=O)C(=O)C3C(c4ccc(Cl)cc4)CC(C)C1C23. The van der Waals surface area contributed by atoms with E-state index >= 15 is 0 Å². The first-order valence-electron chi connectivity index (χ1n) is 8.82. The third kappa shape index (κ3) is 2.21. The van der Waals surface area contributed by atoms with Crippen molar-refractivity contribution < 1.29 is 9.59 Å². The molecule has 0 spiro atoms. The van der Waals surface area contributed by atoms with Gasteiger partial charge in [-0.25, -0.2) is 0 Å². The number of benzene rings is 1. The Balaban J connectivity index is 1.77. The maximum absolute atomic E-state index is 12.8. The summed E-state index contributed by atoms with van der Waals surface area (Å²) in [6.07, 6.45) is 3.00. The molecule has 0 aliphatic heterocycles. The smallest absolute Gasteiger partial charge is 0.202 e. The summed E-state index contributed by atoms with van der Waals surface area (Å²) in [7, 11) is 0. The second kappa shape index (κ2) is 5.44. The van der Waals surface area contributed by atoms with Crippen LogP contribution in [-0.4, -0.2) is 11.6 Å². The molecular weight excluding hydrogens is 308 g/mol. The molecule has 4 rings (SSSR count). The molecule has 1 aromatic carbocycles. The number of Topliss-reactive ketones (excluding diaryl/α,β-unsaturated/α-hetero) is 2. The molecule has 1 aromatic rings. The van der Waals surface area contributed by atoms with Crippen LogP contribution in [0.2, 0.25) is 5.02 Å². The van der Waals surface area contributed by atoms with E-state index in [0.717, 1.165) is 19.3 Å². The summed E-state index contributed by atoms with van der Waals surface area (Å²) in [5, 5.41) is 0.716. The van der Waals surface area contributed by atoms with Crippen molar-refractivity contribution in [3.05, 3.63) is 34.9 Å². The van der Waals surface area contributed by atoms with Gasteiger partial charge in [0.15, 0.2) is 0 Å². The number of hydrogen-bond donors (Lipinski definition) is 0. The molecule has 0 heterocycles. The molecule has 2 nitrogen and oxygen atoms in total. The molecule has 0 amide bonds. The van der Waals surface area contributed by atoms with E-state index in [4.69, 9.17) is 11.6 Å². The topological polar surface area (TPSA) is 34.1 Å². The highest BCUT2D eigenvalue weighted by molar-refractivity contribution is 6.41. The minimum Gasteiger partial charge on any atom is -0.291 e. The van der Waals surface area contributed by atoms with E-state index < -0.39 is 0 Å². The van der Waals surface area contributed by atoms with E-state index in [1.165, 1.54) is 5.56 Å². The number of halogens is 1. The third-order valence-electron chi connectivity index (χ3n) is 6.81. The maximum atomic E-state index is 12.8. The van der Waals surface area contributed by atoms with Crippen molar-refractivity contribution >= 4 is 23.2 Å². The van der Waals surface area contributed by atoms with Crippen LogP contribution >= 0.6 is 11.6 Å². The van der Waals surface area contributed by atoms with E-state index in [-0.39, 0.29) is 35.2 Å². The van der Waals surface area contributed by atoms with E-state index in [2.05, 4.69) is 13.8 Å². The van der Waals surface area contributed by atoms with Crippen molar-refractivity contribution in [1.82, 2.24) is 0 Å². The predicted molar refractivity (Wildman–Crippen MR) is 90.3 cm³/mol. The fourth-order valence-corrected chi connectivity index (χ4v) is 6.07. The van der Waals surface area contributed by atoms with Crippen LogP contribution in [-0.2, 0) is 9.59 Å². The molecule has 0 radical (unpaired) electrons. The normalized spacial score (nSPS) is 42.7. The molecule has 0 aromatic heterocycles. The summed E-state index contributed by atoms with van der Waals surface area (Å²) in [5.41, 5.74) is 1.17. The van der Waals surface area contributed by atoms with Crippen molar-refractivity contribution in [3.8, 4) is 0 Å². The van der Waals surface area contributed by atoms with Gasteiger partial charge in [0.05, 0.1) is 0 Å². The number of carbonyl (C=O) groups excluding carboxylic acids is 2. The molecule has 3 heteroatoms. The van der Waals surface area contributed by atoms with Gasteiger partial charge in [-0.1, -0.05) is 37.6 Å². The highest BCUT2D eigenvalue weighted by Gasteiger charge is 2.60. The van der Waals surface area contributed by atoms with E-state index in [0.29, 0.717) is 22.8 Å². The predicted octanol–water partition coefficient (Wildman–Crippen LogP) is 4.51. The van der Waals surface area contributed by atoms with E-state index in [1.54, 1.807) is 0 Å². The van der Waals surface area contributed by atoms with Gasteiger partial charge in [0.1, 0.15) is 0 Å². The lowest BCUT2D eigenvalue weighted by molar-refractivity contribution is -0.137. The molecule has 3 saturated carbocycles. The maximum Gasteiger partial charge on any atom is 0.202 e. The van der Waals surface area contributed by atoms with Crippen molar-refractivity contribution in [2.24, 2.45) is 35.5 Å². The summed E-state index contributed by atoms with van der Waals surface area (Å²) in [5.74, 6) is 1.88. The fraction of sp³-hybridized carbons (Fsp3) is 0.600. The van der Waals surface area contributed by atoms with Crippen LogP contribution < -0.4 is 0 Å². The lowest BCUT2D eigenvalue weighted by Crippen LogP contribution is -2.45. The van der Waals surface area contributed by atoms with Crippen LogP contribution in [0.15, 0.2) is 24.3 Å². The number of hydrogen-bond acceptors (Lipinski definition) is 2. The van der Waals surface area contributed by atoms with Gasteiger partial charge in [-0.15, -0.1) is 0 Å². The average Bonchev–Trinajstić information content (AvgIpc) is 2.78. The van der Waals surface area contributed by atoms with Crippen molar-refractivity contribution in [2.45, 2.75) is 39.0 Å². The van der Waals surface area contributed by atoms with Crippen LogP contribution in [0.4, 0.5) is 0 Å². The Labute approximate surface area is 142 Å². The molecule has 7 unspecified atom stereocenters. The Bertz CT molecular complexity index is 650. The highest BCUT2D eigenvalue weighted by atomic mass is 35.5.